The molecule has 0 saturated heterocycles. The maximum absolute atomic E-state index is 12.6. The van der Waals surface area contributed by atoms with E-state index in [0.717, 1.165) is 51.8 Å². The number of aromatic nitrogens is 3. The van der Waals surface area contributed by atoms with Gasteiger partial charge < -0.3 is 5.32 Å². The average molecular weight is 424 g/mol. The summed E-state index contributed by atoms with van der Waals surface area (Å²) < 4.78 is 0. The summed E-state index contributed by atoms with van der Waals surface area (Å²) in [5.41, 5.74) is 4.45. The number of carbonyl (C=O) groups excluding carboxylic acids is 1. The lowest BCUT2D eigenvalue weighted by molar-refractivity contribution is 0.102. The summed E-state index contributed by atoms with van der Waals surface area (Å²) in [5.74, 6) is -0.228. The molecule has 0 aliphatic carbocycles. The van der Waals surface area contributed by atoms with Gasteiger partial charge in [0.25, 0.3) is 5.91 Å². The molecular formula is C18H19Cl2N5OS. The number of thiazole rings is 1. The fraction of sp³-hybridized carbons (Fsp3) is 0.278. The number of fused-ring (bicyclic) bond motifs is 1. The monoisotopic (exact) mass is 423 g/mol. The van der Waals surface area contributed by atoms with Crippen LogP contribution in [0, 0.1) is 6.92 Å². The Bertz CT molecular complexity index is 969. The predicted molar refractivity (Wildman–Crippen MR) is 110 cm³/mol. The van der Waals surface area contributed by atoms with Crippen LogP contribution in [-0.4, -0.2) is 27.6 Å². The Hall–Kier alpha value is -1.93. The molecule has 0 spiro atoms. The zero-order valence-electron chi connectivity index (χ0n) is 14.6. The second-order valence-corrected chi connectivity index (χ2v) is 7.76. The molecule has 6 nitrogen and oxygen atoms in total. The van der Waals surface area contributed by atoms with Crippen LogP contribution in [-0.2, 0) is 19.4 Å². The number of anilines is 1. The summed E-state index contributed by atoms with van der Waals surface area (Å²) in [6.45, 7) is 3.51. The first-order valence-corrected chi connectivity index (χ1v) is 9.58. The van der Waals surface area contributed by atoms with E-state index in [0.29, 0.717) is 17.4 Å². The van der Waals surface area contributed by atoms with Gasteiger partial charge in [0, 0.05) is 47.1 Å². The molecule has 3 N–H and O–H groups in total. The van der Waals surface area contributed by atoms with Crippen molar-refractivity contribution in [1.82, 2.24) is 20.5 Å². The Morgan fingerprint density at radius 2 is 2.26 bits per heavy atom. The van der Waals surface area contributed by atoms with E-state index in [4.69, 9.17) is 11.6 Å². The highest BCUT2D eigenvalue weighted by Gasteiger charge is 2.22. The molecular weight excluding hydrogens is 405 g/mol. The fourth-order valence-corrected chi connectivity index (χ4v) is 4.25. The maximum Gasteiger partial charge on any atom is 0.278 e. The van der Waals surface area contributed by atoms with E-state index < -0.39 is 0 Å². The van der Waals surface area contributed by atoms with Gasteiger partial charge in [-0.1, -0.05) is 23.7 Å². The highest BCUT2D eigenvalue weighted by atomic mass is 35.5. The van der Waals surface area contributed by atoms with Crippen LogP contribution in [0.1, 0.15) is 37.9 Å². The predicted octanol–water partition coefficient (Wildman–Crippen LogP) is 3.74. The zero-order valence-corrected chi connectivity index (χ0v) is 17.0. The molecule has 4 rings (SSSR count). The average Bonchev–Trinajstić information content (AvgIpc) is 3.19. The molecule has 27 heavy (non-hydrogen) atoms. The Labute approximate surface area is 172 Å². The van der Waals surface area contributed by atoms with Gasteiger partial charge in [-0.05, 0) is 24.6 Å². The lowest BCUT2D eigenvalue weighted by Crippen LogP contribution is -2.25. The van der Waals surface area contributed by atoms with Crippen molar-refractivity contribution in [3.8, 4) is 0 Å². The molecule has 1 amide bonds. The first-order chi connectivity index (χ1) is 12.6. The van der Waals surface area contributed by atoms with Crippen molar-refractivity contribution in [2.75, 3.05) is 11.9 Å². The smallest absolute Gasteiger partial charge is 0.278 e. The lowest BCUT2D eigenvalue weighted by Gasteiger charge is -2.12. The highest BCUT2D eigenvalue weighted by molar-refractivity contribution is 7.15. The topological polar surface area (TPSA) is 82.7 Å². The number of aromatic amines is 1. The fourth-order valence-electron chi connectivity index (χ4n) is 3.05. The summed E-state index contributed by atoms with van der Waals surface area (Å²) in [4.78, 5) is 18.2. The van der Waals surface area contributed by atoms with Crippen molar-refractivity contribution in [2.45, 2.75) is 26.3 Å². The third-order valence-corrected chi connectivity index (χ3v) is 5.70. The number of hydrogen-bond donors (Lipinski definition) is 3. The summed E-state index contributed by atoms with van der Waals surface area (Å²) >= 11 is 7.54. The van der Waals surface area contributed by atoms with Crippen LogP contribution in [0.4, 0.5) is 5.13 Å². The standard InChI is InChI=1S/C18H18ClN5OS.ClH/c1-10-15(8-11-3-2-4-12(19)7-11)26-18(21-10)22-17(25)16-13-9-20-6-5-14(13)23-24-16;/h2-4,7,20H,5-6,8-9H2,1H3,(H,23,24)(H,21,22,25);1H. The maximum atomic E-state index is 12.6. The largest absolute Gasteiger partial charge is 0.312 e. The number of H-pyrrole nitrogens is 1. The summed E-state index contributed by atoms with van der Waals surface area (Å²) in [5, 5.41) is 14.6. The van der Waals surface area contributed by atoms with Gasteiger partial charge in [0.05, 0.1) is 5.69 Å². The molecule has 1 aromatic carbocycles. The van der Waals surface area contributed by atoms with Gasteiger partial charge in [-0.3, -0.25) is 15.2 Å². The second-order valence-electron chi connectivity index (χ2n) is 6.24. The van der Waals surface area contributed by atoms with Crippen molar-refractivity contribution in [1.29, 1.82) is 0 Å². The van der Waals surface area contributed by atoms with E-state index in [2.05, 4.69) is 25.8 Å². The summed E-state index contributed by atoms with van der Waals surface area (Å²) in [6.07, 6.45) is 1.59. The SMILES string of the molecule is Cc1nc(NC(=O)c2n[nH]c3c2CNCC3)sc1Cc1cccc(Cl)c1.Cl. The van der Waals surface area contributed by atoms with Crippen molar-refractivity contribution in [3.63, 3.8) is 0 Å². The number of nitrogens with zero attached hydrogens (tertiary/aromatic N) is 2. The number of nitrogens with one attached hydrogen (secondary N) is 3. The van der Waals surface area contributed by atoms with Crippen molar-refractivity contribution in [3.05, 3.63) is 62.4 Å². The quantitative estimate of drug-likeness (QED) is 0.596. The molecule has 0 fully saturated rings. The van der Waals surface area contributed by atoms with Gasteiger partial charge in [0.1, 0.15) is 0 Å². The molecule has 1 aliphatic rings. The Balaban J connectivity index is 0.00000210. The summed E-state index contributed by atoms with van der Waals surface area (Å²) in [7, 11) is 0. The molecule has 3 aromatic rings. The number of halogens is 2. The normalized spacial score (nSPS) is 13.0. The van der Waals surface area contributed by atoms with Crippen LogP contribution in [0.15, 0.2) is 24.3 Å². The van der Waals surface area contributed by atoms with Crippen LogP contribution in [0.3, 0.4) is 0 Å². The van der Waals surface area contributed by atoms with E-state index in [-0.39, 0.29) is 18.3 Å². The van der Waals surface area contributed by atoms with Crippen molar-refractivity contribution >= 4 is 46.4 Å². The molecule has 2 aromatic heterocycles. The first-order valence-electron chi connectivity index (χ1n) is 8.39. The minimum Gasteiger partial charge on any atom is -0.312 e. The van der Waals surface area contributed by atoms with E-state index in [1.807, 2.05) is 31.2 Å². The number of rotatable bonds is 4. The minimum absolute atomic E-state index is 0. The summed E-state index contributed by atoms with van der Waals surface area (Å²) in [6, 6.07) is 7.77. The van der Waals surface area contributed by atoms with Crippen molar-refractivity contribution < 1.29 is 4.79 Å². The van der Waals surface area contributed by atoms with Gasteiger partial charge in [0.15, 0.2) is 10.8 Å². The second kappa shape index (κ2) is 8.39. The van der Waals surface area contributed by atoms with Gasteiger partial charge in [0.2, 0.25) is 0 Å². The molecule has 0 unspecified atom stereocenters. The van der Waals surface area contributed by atoms with Gasteiger partial charge in [-0.15, -0.1) is 23.7 Å². The Morgan fingerprint density at radius 3 is 3.07 bits per heavy atom. The van der Waals surface area contributed by atoms with E-state index >= 15 is 0 Å². The van der Waals surface area contributed by atoms with Gasteiger partial charge in [-0.2, -0.15) is 5.10 Å². The minimum atomic E-state index is -0.228. The molecule has 3 heterocycles. The number of carbonyl (C=O) groups is 1. The van der Waals surface area contributed by atoms with E-state index in [1.165, 1.54) is 11.3 Å². The molecule has 9 heteroatoms. The number of hydrogen-bond acceptors (Lipinski definition) is 5. The highest BCUT2D eigenvalue weighted by Crippen LogP contribution is 2.27. The number of benzene rings is 1. The molecule has 0 radical (unpaired) electrons. The van der Waals surface area contributed by atoms with E-state index in [9.17, 15) is 4.79 Å². The first kappa shape index (κ1) is 19.8. The lowest BCUT2D eigenvalue weighted by atomic mass is 10.1. The molecule has 0 saturated carbocycles. The third-order valence-electron chi connectivity index (χ3n) is 4.39. The van der Waals surface area contributed by atoms with Gasteiger partial charge in [-0.25, -0.2) is 4.98 Å². The van der Waals surface area contributed by atoms with Crippen LogP contribution >= 0.6 is 35.3 Å². The Morgan fingerprint density at radius 1 is 1.41 bits per heavy atom. The van der Waals surface area contributed by atoms with Crippen LogP contribution in [0.2, 0.25) is 5.02 Å². The molecule has 0 atom stereocenters. The van der Waals surface area contributed by atoms with E-state index in [1.54, 1.807) is 0 Å². The zero-order chi connectivity index (χ0) is 18.1. The number of aryl methyl sites for hydroxylation is 1. The number of amides is 1. The van der Waals surface area contributed by atoms with Crippen LogP contribution in [0.5, 0.6) is 0 Å². The molecule has 142 valence electrons. The van der Waals surface area contributed by atoms with Crippen LogP contribution < -0.4 is 10.6 Å². The Kier molecular flexibility index (Phi) is 6.16. The van der Waals surface area contributed by atoms with Crippen LogP contribution in [0.25, 0.3) is 0 Å². The van der Waals surface area contributed by atoms with Gasteiger partial charge >= 0.3 is 0 Å². The molecule has 1 aliphatic heterocycles. The third kappa shape index (κ3) is 4.32. The van der Waals surface area contributed by atoms with Crippen molar-refractivity contribution in [2.24, 2.45) is 0 Å². The molecule has 0 bridgehead atoms.